The lowest BCUT2D eigenvalue weighted by Crippen LogP contribution is -2.22. The number of hydrazone groups is 1. The van der Waals surface area contributed by atoms with E-state index < -0.39 is 0 Å². The third-order valence-corrected chi connectivity index (χ3v) is 4.15. The molecule has 2 aromatic heterocycles. The molecule has 1 amide bonds. The van der Waals surface area contributed by atoms with Crippen LogP contribution in [0.5, 0.6) is 0 Å². The highest BCUT2D eigenvalue weighted by Gasteiger charge is 2.16. The molecular formula is C17H22N4O. The summed E-state index contributed by atoms with van der Waals surface area (Å²) in [5.41, 5.74) is 7.00. The zero-order chi connectivity index (χ0) is 15.5. The molecule has 0 spiro atoms. The Morgan fingerprint density at radius 1 is 1.18 bits per heavy atom. The van der Waals surface area contributed by atoms with E-state index in [2.05, 4.69) is 15.5 Å². The van der Waals surface area contributed by atoms with Crippen LogP contribution in [-0.2, 0) is 0 Å². The number of nitrogens with one attached hydrogen (secondary N) is 1. The van der Waals surface area contributed by atoms with Gasteiger partial charge in [0.1, 0.15) is 11.3 Å². The minimum atomic E-state index is -0.188. The summed E-state index contributed by atoms with van der Waals surface area (Å²) in [5.74, 6) is -0.188. The SMILES string of the molecule is Cc1ccc2nc(C)c(C(=O)NN=C3CCCCCC3)n2c1. The fourth-order valence-corrected chi connectivity index (χ4v) is 2.97. The third-order valence-electron chi connectivity index (χ3n) is 4.15. The smallest absolute Gasteiger partial charge is 0.290 e. The molecular weight excluding hydrogens is 276 g/mol. The summed E-state index contributed by atoms with van der Waals surface area (Å²) >= 11 is 0. The molecule has 0 unspecified atom stereocenters. The van der Waals surface area contributed by atoms with Crippen molar-refractivity contribution in [3.8, 4) is 0 Å². The standard InChI is InChI=1S/C17H22N4O/c1-12-9-10-15-18-13(2)16(21(15)11-12)17(22)20-19-14-7-5-3-4-6-8-14/h9-11H,3-8H2,1-2H3,(H,20,22). The maximum absolute atomic E-state index is 12.5. The van der Waals surface area contributed by atoms with Gasteiger partial charge in [0.2, 0.25) is 0 Å². The average molecular weight is 298 g/mol. The van der Waals surface area contributed by atoms with Crippen LogP contribution < -0.4 is 5.43 Å². The number of fused-ring (bicyclic) bond motifs is 1. The van der Waals surface area contributed by atoms with Crippen molar-refractivity contribution in [2.45, 2.75) is 52.4 Å². The first-order valence-corrected chi connectivity index (χ1v) is 7.96. The maximum Gasteiger partial charge on any atom is 0.290 e. The number of carbonyl (C=O) groups excluding carboxylic acids is 1. The first-order chi connectivity index (χ1) is 10.6. The molecule has 0 saturated heterocycles. The molecule has 1 aliphatic carbocycles. The molecule has 0 bridgehead atoms. The summed E-state index contributed by atoms with van der Waals surface area (Å²) in [6, 6.07) is 3.92. The van der Waals surface area contributed by atoms with Crippen LogP contribution in [0.1, 0.15) is 60.3 Å². The Morgan fingerprint density at radius 3 is 2.64 bits per heavy atom. The molecule has 1 aliphatic rings. The van der Waals surface area contributed by atoms with Crippen molar-refractivity contribution in [2.24, 2.45) is 5.10 Å². The number of aromatic nitrogens is 2. The third kappa shape index (κ3) is 3.03. The molecule has 5 nitrogen and oxygen atoms in total. The van der Waals surface area contributed by atoms with Gasteiger partial charge in [-0.05, 0) is 51.2 Å². The average Bonchev–Trinajstić information content (AvgIpc) is 2.66. The quantitative estimate of drug-likeness (QED) is 0.682. The van der Waals surface area contributed by atoms with E-state index in [-0.39, 0.29) is 5.91 Å². The number of nitrogens with zero attached hydrogens (tertiary/aromatic N) is 3. The Balaban J connectivity index is 1.84. The van der Waals surface area contributed by atoms with Gasteiger partial charge in [-0.25, -0.2) is 10.4 Å². The fourth-order valence-electron chi connectivity index (χ4n) is 2.97. The van der Waals surface area contributed by atoms with E-state index in [0.29, 0.717) is 5.69 Å². The maximum atomic E-state index is 12.5. The number of amides is 1. The van der Waals surface area contributed by atoms with Crippen molar-refractivity contribution >= 4 is 17.3 Å². The van der Waals surface area contributed by atoms with Crippen molar-refractivity contribution in [2.75, 3.05) is 0 Å². The summed E-state index contributed by atoms with van der Waals surface area (Å²) in [4.78, 5) is 16.9. The predicted octanol–water partition coefficient (Wildman–Crippen LogP) is 3.39. The number of imidazole rings is 1. The predicted molar refractivity (Wildman–Crippen MR) is 87.3 cm³/mol. The Bertz CT molecular complexity index is 720. The topological polar surface area (TPSA) is 58.8 Å². The first kappa shape index (κ1) is 14.8. The summed E-state index contributed by atoms with van der Waals surface area (Å²) in [5, 5.41) is 4.35. The van der Waals surface area contributed by atoms with Crippen molar-refractivity contribution in [3.63, 3.8) is 0 Å². The normalized spacial score (nSPS) is 15.6. The highest BCUT2D eigenvalue weighted by Crippen LogP contribution is 2.16. The van der Waals surface area contributed by atoms with Crippen LogP contribution in [0, 0.1) is 13.8 Å². The van der Waals surface area contributed by atoms with Gasteiger partial charge in [0, 0.05) is 11.9 Å². The summed E-state index contributed by atoms with van der Waals surface area (Å²) < 4.78 is 1.84. The first-order valence-electron chi connectivity index (χ1n) is 7.96. The van der Waals surface area contributed by atoms with Crippen LogP contribution in [0.15, 0.2) is 23.4 Å². The fraction of sp³-hybridized carbons (Fsp3) is 0.471. The lowest BCUT2D eigenvalue weighted by molar-refractivity contribution is 0.0948. The van der Waals surface area contributed by atoms with Crippen LogP contribution in [0.25, 0.3) is 5.65 Å². The summed E-state index contributed by atoms with van der Waals surface area (Å²) in [6.45, 7) is 3.86. The van der Waals surface area contributed by atoms with Gasteiger partial charge in [-0.15, -0.1) is 0 Å². The largest absolute Gasteiger partial charge is 0.295 e. The Labute approximate surface area is 130 Å². The van der Waals surface area contributed by atoms with E-state index in [1.165, 1.54) is 25.7 Å². The number of pyridine rings is 1. The van der Waals surface area contributed by atoms with Gasteiger partial charge in [-0.3, -0.25) is 9.20 Å². The van der Waals surface area contributed by atoms with Crippen LogP contribution in [0.4, 0.5) is 0 Å². The van der Waals surface area contributed by atoms with Crippen molar-refractivity contribution < 1.29 is 4.79 Å². The molecule has 0 radical (unpaired) electrons. The molecule has 0 atom stereocenters. The van der Waals surface area contributed by atoms with Gasteiger partial charge in [0.05, 0.1) is 5.69 Å². The molecule has 1 N–H and O–H groups in total. The van der Waals surface area contributed by atoms with Crippen LogP contribution in [-0.4, -0.2) is 21.0 Å². The molecule has 0 aliphatic heterocycles. The van der Waals surface area contributed by atoms with Crippen LogP contribution in [0.3, 0.4) is 0 Å². The molecule has 1 fully saturated rings. The van der Waals surface area contributed by atoms with Gasteiger partial charge in [-0.1, -0.05) is 18.9 Å². The van der Waals surface area contributed by atoms with E-state index in [9.17, 15) is 4.79 Å². The highest BCUT2D eigenvalue weighted by atomic mass is 16.2. The number of hydrogen-bond donors (Lipinski definition) is 1. The van der Waals surface area contributed by atoms with E-state index in [0.717, 1.165) is 35.5 Å². The lowest BCUT2D eigenvalue weighted by atomic mass is 10.2. The van der Waals surface area contributed by atoms with Gasteiger partial charge in [-0.2, -0.15) is 5.10 Å². The van der Waals surface area contributed by atoms with Crippen molar-refractivity contribution in [3.05, 3.63) is 35.3 Å². The van der Waals surface area contributed by atoms with Crippen molar-refractivity contribution in [1.82, 2.24) is 14.8 Å². The van der Waals surface area contributed by atoms with E-state index in [1.54, 1.807) is 0 Å². The molecule has 22 heavy (non-hydrogen) atoms. The van der Waals surface area contributed by atoms with E-state index in [4.69, 9.17) is 0 Å². The van der Waals surface area contributed by atoms with Gasteiger partial charge >= 0.3 is 0 Å². The Morgan fingerprint density at radius 2 is 1.91 bits per heavy atom. The molecule has 116 valence electrons. The summed E-state index contributed by atoms with van der Waals surface area (Å²) in [7, 11) is 0. The molecule has 3 rings (SSSR count). The Kier molecular flexibility index (Phi) is 4.22. The minimum absolute atomic E-state index is 0.188. The van der Waals surface area contributed by atoms with Gasteiger partial charge in [0.15, 0.2) is 0 Å². The molecule has 0 aromatic carbocycles. The number of carbonyl (C=O) groups is 1. The molecule has 5 heteroatoms. The summed E-state index contributed by atoms with van der Waals surface area (Å²) in [6.07, 6.45) is 8.78. The minimum Gasteiger partial charge on any atom is -0.295 e. The van der Waals surface area contributed by atoms with Gasteiger partial charge in [0.25, 0.3) is 5.91 Å². The number of hydrogen-bond acceptors (Lipinski definition) is 3. The lowest BCUT2D eigenvalue weighted by Gasteiger charge is -2.05. The zero-order valence-corrected chi connectivity index (χ0v) is 13.2. The highest BCUT2D eigenvalue weighted by molar-refractivity contribution is 5.96. The number of aryl methyl sites for hydroxylation is 2. The second kappa shape index (κ2) is 6.30. The van der Waals surface area contributed by atoms with E-state index >= 15 is 0 Å². The molecule has 2 heterocycles. The number of rotatable bonds is 2. The zero-order valence-electron chi connectivity index (χ0n) is 13.2. The second-order valence-electron chi connectivity index (χ2n) is 6.01. The molecule has 1 saturated carbocycles. The monoisotopic (exact) mass is 298 g/mol. The van der Waals surface area contributed by atoms with Crippen LogP contribution >= 0.6 is 0 Å². The molecule has 2 aromatic rings. The Hall–Kier alpha value is -2.17. The van der Waals surface area contributed by atoms with Gasteiger partial charge < -0.3 is 0 Å². The van der Waals surface area contributed by atoms with Crippen molar-refractivity contribution in [1.29, 1.82) is 0 Å². The van der Waals surface area contributed by atoms with E-state index in [1.807, 2.05) is 36.6 Å². The second-order valence-corrected chi connectivity index (χ2v) is 6.01. The van der Waals surface area contributed by atoms with Crippen LogP contribution in [0.2, 0.25) is 0 Å².